The Morgan fingerprint density at radius 2 is 2.03 bits per heavy atom. The third-order valence-electron chi connectivity index (χ3n) is 5.72. The highest BCUT2D eigenvalue weighted by Gasteiger charge is 2.23. The zero-order chi connectivity index (χ0) is 20.6. The van der Waals surface area contributed by atoms with Gasteiger partial charge in [0.2, 0.25) is 5.91 Å². The lowest BCUT2D eigenvalue weighted by Gasteiger charge is -2.32. The summed E-state index contributed by atoms with van der Waals surface area (Å²) >= 11 is 0. The van der Waals surface area contributed by atoms with E-state index in [0.29, 0.717) is 18.2 Å². The van der Waals surface area contributed by atoms with Crippen LogP contribution in [-0.2, 0) is 17.6 Å². The molecule has 0 aliphatic carbocycles. The average molecular weight is 405 g/mol. The summed E-state index contributed by atoms with van der Waals surface area (Å²) in [6.45, 7) is 1.73. The van der Waals surface area contributed by atoms with Crippen molar-refractivity contribution in [2.75, 3.05) is 13.1 Å². The molecule has 1 saturated heterocycles. The Kier molecular flexibility index (Phi) is 6.85. The molecule has 1 unspecified atom stereocenters. The fourth-order valence-electron chi connectivity index (χ4n) is 4.07. The fourth-order valence-corrected chi connectivity index (χ4v) is 4.07. The fraction of sp³-hybridized carbons (Fsp3) is 0.417. The minimum absolute atomic E-state index is 0.286. The smallest absolute Gasteiger partial charge is 0.259 e. The van der Waals surface area contributed by atoms with Gasteiger partial charge in [-0.15, -0.1) is 0 Å². The van der Waals surface area contributed by atoms with Crippen molar-refractivity contribution in [2.24, 2.45) is 5.92 Å². The third-order valence-corrected chi connectivity index (χ3v) is 5.72. The summed E-state index contributed by atoms with van der Waals surface area (Å²) in [6, 6.07) is 14.1. The highest BCUT2D eigenvalue weighted by Crippen LogP contribution is 2.23. The van der Waals surface area contributed by atoms with Crippen molar-refractivity contribution in [3.8, 4) is 11.5 Å². The largest absolute Gasteiger partial charge is 0.342 e. The number of nitrogens with zero attached hydrogens (tertiary/aromatic N) is 4. The first kappa shape index (κ1) is 20.3. The van der Waals surface area contributed by atoms with Crippen molar-refractivity contribution in [1.82, 2.24) is 20.0 Å². The Hall–Kier alpha value is -3.02. The molecular weight excluding hydrogens is 376 g/mol. The predicted octanol–water partition coefficient (Wildman–Crippen LogP) is 4.33. The van der Waals surface area contributed by atoms with E-state index in [1.807, 2.05) is 18.2 Å². The Labute approximate surface area is 177 Å². The summed E-state index contributed by atoms with van der Waals surface area (Å²) in [5.74, 6) is 2.02. The lowest BCUT2D eigenvalue weighted by molar-refractivity contribution is -0.133. The summed E-state index contributed by atoms with van der Waals surface area (Å²) in [5, 5.41) is 4.11. The van der Waals surface area contributed by atoms with Crippen LogP contribution >= 0.6 is 0 Å². The molecule has 2 aromatic heterocycles. The van der Waals surface area contributed by atoms with Gasteiger partial charge >= 0.3 is 0 Å². The van der Waals surface area contributed by atoms with Gasteiger partial charge in [0, 0.05) is 38.3 Å². The number of rotatable bonds is 8. The number of piperidine rings is 1. The summed E-state index contributed by atoms with van der Waals surface area (Å²) in [4.78, 5) is 23.3. The summed E-state index contributed by atoms with van der Waals surface area (Å²) < 4.78 is 5.37. The maximum Gasteiger partial charge on any atom is 0.259 e. The molecule has 6 heteroatoms. The number of pyridine rings is 1. The van der Waals surface area contributed by atoms with Crippen molar-refractivity contribution in [1.29, 1.82) is 0 Å². The van der Waals surface area contributed by atoms with Crippen LogP contribution in [0.25, 0.3) is 11.5 Å². The molecule has 1 aliphatic heterocycles. The van der Waals surface area contributed by atoms with Crippen LogP contribution in [0.4, 0.5) is 0 Å². The van der Waals surface area contributed by atoms with Gasteiger partial charge in [-0.3, -0.25) is 9.78 Å². The van der Waals surface area contributed by atoms with Crippen LogP contribution < -0.4 is 0 Å². The number of hydrogen-bond donors (Lipinski definition) is 0. The van der Waals surface area contributed by atoms with Crippen LogP contribution in [0.1, 0.15) is 43.5 Å². The van der Waals surface area contributed by atoms with Crippen molar-refractivity contribution in [3.63, 3.8) is 0 Å². The lowest BCUT2D eigenvalue weighted by atomic mass is 9.93. The first-order valence-corrected chi connectivity index (χ1v) is 10.8. The van der Waals surface area contributed by atoms with E-state index in [-0.39, 0.29) is 5.91 Å². The van der Waals surface area contributed by atoms with Gasteiger partial charge in [0.15, 0.2) is 5.82 Å². The molecule has 156 valence electrons. The van der Waals surface area contributed by atoms with Gasteiger partial charge in [0.1, 0.15) is 0 Å². The second-order valence-corrected chi connectivity index (χ2v) is 7.98. The SMILES string of the molecule is O=C(CCCc1ccccc1)N1CCCC(CCc2noc(-c3cccnc3)n2)C1. The molecule has 1 amide bonds. The lowest BCUT2D eigenvalue weighted by Crippen LogP contribution is -2.40. The van der Waals surface area contributed by atoms with E-state index in [1.54, 1.807) is 12.4 Å². The Morgan fingerprint density at radius 1 is 1.13 bits per heavy atom. The zero-order valence-corrected chi connectivity index (χ0v) is 17.2. The molecule has 30 heavy (non-hydrogen) atoms. The first-order valence-electron chi connectivity index (χ1n) is 10.8. The van der Waals surface area contributed by atoms with Crippen LogP contribution in [0.15, 0.2) is 59.4 Å². The number of aromatic nitrogens is 3. The minimum Gasteiger partial charge on any atom is -0.342 e. The Morgan fingerprint density at radius 3 is 2.87 bits per heavy atom. The van der Waals surface area contributed by atoms with Crippen LogP contribution in [0.3, 0.4) is 0 Å². The first-order chi connectivity index (χ1) is 14.8. The van der Waals surface area contributed by atoms with E-state index in [0.717, 1.165) is 63.0 Å². The summed E-state index contributed by atoms with van der Waals surface area (Å²) in [6.07, 6.45) is 9.90. The number of carbonyl (C=O) groups is 1. The monoisotopic (exact) mass is 404 g/mol. The van der Waals surface area contributed by atoms with Crippen molar-refractivity contribution >= 4 is 5.91 Å². The van der Waals surface area contributed by atoms with Gasteiger partial charge in [-0.25, -0.2) is 0 Å². The predicted molar refractivity (Wildman–Crippen MR) is 115 cm³/mol. The van der Waals surface area contributed by atoms with Gasteiger partial charge in [0.05, 0.1) is 5.56 Å². The topological polar surface area (TPSA) is 72.1 Å². The van der Waals surface area contributed by atoms with Crippen molar-refractivity contribution in [2.45, 2.75) is 44.9 Å². The molecule has 1 fully saturated rings. The van der Waals surface area contributed by atoms with E-state index in [4.69, 9.17) is 4.52 Å². The van der Waals surface area contributed by atoms with Crippen LogP contribution in [0.5, 0.6) is 0 Å². The Balaban J connectivity index is 1.22. The standard InChI is InChI=1S/C24H28N4O2/c29-23(12-4-9-19-7-2-1-3-8-19)28-16-6-10-20(18-28)13-14-22-26-24(30-27-22)21-11-5-15-25-17-21/h1-3,5,7-8,11,15,17,20H,4,6,9-10,12-14,16,18H2. The summed E-state index contributed by atoms with van der Waals surface area (Å²) in [7, 11) is 0. The van der Waals surface area contributed by atoms with Crippen LogP contribution in [0, 0.1) is 5.92 Å². The molecule has 1 aromatic carbocycles. The zero-order valence-electron chi connectivity index (χ0n) is 17.2. The van der Waals surface area contributed by atoms with Gasteiger partial charge in [-0.2, -0.15) is 4.98 Å². The second-order valence-electron chi connectivity index (χ2n) is 7.98. The van der Waals surface area contributed by atoms with Crippen molar-refractivity contribution in [3.05, 3.63) is 66.2 Å². The summed E-state index contributed by atoms with van der Waals surface area (Å²) in [5.41, 5.74) is 2.13. The van der Waals surface area contributed by atoms with Gasteiger partial charge in [0.25, 0.3) is 5.89 Å². The number of benzene rings is 1. The van der Waals surface area contributed by atoms with E-state index in [9.17, 15) is 4.79 Å². The molecule has 1 aliphatic rings. The van der Waals surface area contributed by atoms with E-state index in [2.05, 4.69) is 44.3 Å². The number of amides is 1. The third kappa shape index (κ3) is 5.53. The highest BCUT2D eigenvalue weighted by atomic mass is 16.5. The quantitative estimate of drug-likeness (QED) is 0.559. The maximum atomic E-state index is 12.6. The number of aryl methyl sites for hydroxylation is 2. The molecule has 0 spiro atoms. The van der Waals surface area contributed by atoms with Crippen molar-refractivity contribution < 1.29 is 9.32 Å². The van der Waals surface area contributed by atoms with Gasteiger partial charge in [-0.1, -0.05) is 35.5 Å². The average Bonchev–Trinajstić information content (AvgIpc) is 3.28. The second kappa shape index (κ2) is 10.1. The maximum absolute atomic E-state index is 12.6. The van der Waals surface area contributed by atoms with E-state index >= 15 is 0 Å². The molecule has 0 bridgehead atoms. The molecule has 3 aromatic rings. The van der Waals surface area contributed by atoms with E-state index in [1.165, 1.54) is 5.56 Å². The van der Waals surface area contributed by atoms with Crippen LogP contribution in [-0.4, -0.2) is 39.0 Å². The number of hydrogen-bond acceptors (Lipinski definition) is 5. The molecule has 6 nitrogen and oxygen atoms in total. The van der Waals surface area contributed by atoms with E-state index < -0.39 is 0 Å². The molecule has 1 atom stereocenters. The number of likely N-dealkylation sites (tertiary alicyclic amines) is 1. The molecule has 3 heterocycles. The minimum atomic E-state index is 0.286. The van der Waals surface area contributed by atoms with Crippen LogP contribution in [0.2, 0.25) is 0 Å². The molecule has 0 N–H and O–H groups in total. The molecular formula is C24H28N4O2. The number of carbonyl (C=O) groups excluding carboxylic acids is 1. The molecule has 0 radical (unpaired) electrons. The molecule has 4 rings (SSSR count). The van der Waals surface area contributed by atoms with Gasteiger partial charge < -0.3 is 9.42 Å². The Bertz CT molecular complexity index is 927. The molecule has 0 saturated carbocycles. The van der Waals surface area contributed by atoms with Gasteiger partial charge in [-0.05, 0) is 55.7 Å². The highest BCUT2D eigenvalue weighted by molar-refractivity contribution is 5.76. The normalized spacial score (nSPS) is 16.5.